The Kier molecular flexibility index (Phi) is 4.73. The number of halogens is 4. The molecule has 1 N–H and O–H groups in total. The number of aromatic amines is 1. The number of nitrogens with zero attached hydrogens (tertiary/aromatic N) is 1. The molecular weight excluding hydrogens is 369 g/mol. The van der Waals surface area contributed by atoms with Crippen molar-refractivity contribution >= 4 is 11.6 Å². The number of aromatic nitrogens is 2. The van der Waals surface area contributed by atoms with Crippen LogP contribution in [0.3, 0.4) is 0 Å². The second kappa shape index (κ2) is 6.84. The highest BCUT2D eigenvalue weighted by Crippen LogP contribution is 2.39. The molecule has 0 saturated heterocycles. The zero-order valence-electron chi connectivity index (χ0n) is 13.2. The van der Waals surface area contributed by atoms with E-state index >= 15 is 0 Å². The second-order valence-corrected chi connectivity index (χ2v) is 5.96. The van der Waals surface area contributed by atoms with E-state index in [0.29, 0.717) is 5.69 Å². The van der Waals surface area contributed by atoms with Gasteiger partial charge in [-0.15, -0.1) is 0 Å². The molecule has 3 rings (SSSR count). The SMILES string of the molecule is O=c1ccn(Cc2cccc(=O)[nH]2)c(-c2cccc(C(F)(F)F)c2Cl)c1. The summed E-state index contributed by atoms with van der Waals surface area (Å²) in [5.41, 5.74) is -0.817. The number of pyridine rings is 2. The van der Waals surface area contributed by atoms with Crippen LogP contribution in [0.5, 0.6) is 0 Å². The maximum Gasteiger partial charge on any atom is 0.417 e. The lowest BCUT2D eigenvalue weighted by molar-refractivity contribution is -0.137. The van der Waals surface area contributed by atoms with Crippen molar-refractivity contribution in [3.63, 3.8) is 0 Å². The lowest BCUT2D eigenvalue weighted by Gasteiger charge is -2.17. The Morgan fingerprint density at radius 2 is 1.77 bits per heavy atom. The minimum atomic E-state index is -4.61. The summed E-state index contributed by atoms with van der Waals surface area (Å²) in [6, 6.07) is 10.6. The Hall–Kier alpha value is -2.80. The van der Waals surface area contributed by atoms with E-state index in [9.17, 15) is 22.8 Å². The molecule has 2 heterocycles. The molecule has 0 atom stereocenters. The number of benzene rings is 1. The highest BCUT2D eigenvalue weighted by Gasteiger charge is 2.34. The van der Waals surface area contributed by atoms with Crippen LogP contribution in [-0.2, 0) is 12.7 Å². The summed E-state index contributed by atoms with van der Waals surface area (Å²) in [6.07, 6.45) is -3.17. The number of nitrogens with one attached hydrogen (secondary N) is 1. The van der Waals surface area contributed by atoms with Crippen LogP contribution in [0.4, 0.5) is 13.2 Å². The van der Waals surface area contributed by atoms with Crippen molar-refractivity contribution in [3.05, 3.63) is 91.6 Å². The third-order valence-electron chi connectivity index (χ3n) is 3.76. The third-order valence-corrected chi connectivity index (χ3v) is 4.16. The zero-order valence-corrected chi connectivity index (χ0v) is 13.9. The number of H-pyrrole nitrogens is 1. The number of alkyl halides is 3. The first-order valence-corrected chi connectivity index (χ1v) is 7.88. The summed E-state index contributed by atoms with van der Waals surface area (Å²) in [7, 11) is 0. The van der Waals surface area contributed by atoms with E-state index in [1.165, 1.54) is 36.5 Å². The van der Waals surface area contributed by atoms with Crippen molar-refractivity contribution in [2.24, 2.45) is 0 Å². The Labute approximate surface area is 150 Å². The first kappa shape index (κ1) is 18.0. The Balaban J connectivity index is 2.16. The summed E-state index contributed by atoms with van der Waals surface area (Å²) >= 11 is 5.99. The first-order valence-electron chi connectivity index (χ1n) is 7.50. The van der Waals surface area contributed by atoms with Crippen molar-refractivity contribution in [1.82, 2.24) is 9.55 Å². The van der Waals surface area contributed by atoms with Gasteiger partial charge in [0, 0.05) is 35.7 Å². The summed E-state index contributed by atoms with van der Waals surface area (Å²) in [5.74, 6) is 0. The second-order valence-electron chi connectivity index (χ2n) is 5.58. The van der Waals surface area contributed by atoms with E-state index in [1.807, 2.05) is 0 Å². The van der Waals surface area contributed by atoms with Gasteiger partial charge in [0.2, 0.25) is 5.56 Å². The van der Waals surface area contributed by atoms with Crippen molar-refractivity contribution in [2.75, 3.05) is 0 Å². The maximum absolute atomic E-state index is 13.1. The van der Waals surface area contributed by atoms with Gasteiger partial charge in [0.15, 0.2) is 5.43 Å². The van der Waals surface area contributed by atoms with E-state index in [0.717, 1.165) is 6.07 Å². The monoisotopic (exact) mass is 380 g/mol. The lowest BCUT2D eigenvalue weighted by Crippen LogP contribution is -2.14. The summed E-state index contributed by atoms with van der Waals surface area (Å²) in [4.78, 5) is 25.8. The van der Waals surface area contributed by atoms with Crippen molar-refractivity contribution < 1.29 is 13.2 Å². The van der Waals surface area contributed by atoms with Crippen LogP contribution in [0.2, 0.25) is 5.02 Å². The quantitative estimate of drug-likeness (QED) is 0.748. The molecule has 4 nitrogen and oxygen atoms in total. The van der Waals surface area contributed by atoms with Gasteiger partial charge in [-0.2, -0.15) is 13.2 Å². The molecule has 0 amide bonds. The van der Waals surface area contributed by atoms with Crippen molar-refractivity contribution in [1.29, 1.82) is 0 Å². The van der Waals surface area contributed by atoms with Gasteiger partial charge < -0.3 is 9.55 Å². The molecule has 2 aromatic heterocycles. The standard InChI is InChI=1S/C18H12ClF3N2O2/c19-17-13(4-2-5-14(17)18(20,21)22)15-9-12(25)7-8-24(15)10-11-3-1-6-16(26)23-11/h1-9H,10H2,(H,23,26). The molecule has 0 aliphatic carbocycles. The predicted octanol–water partition coefficient (Wildman–Crippen LogP) is 3.92. The van der Waals surface area contributed by atoms with Gasteiger partial charge in [-0.25, -0.2) is 0 Å². The fourth-order valence-corrected chi connectivity index (χ4v) is 2.93. The predicted molar refractivity (Wildman–Crippen MR) is 92.3 cm³/mol. The van der Waals surface area contributed by atoms with Gasteiger partial charge in [-0.05, 0) is 12.1 Å². The minimum Gasteiger partial charge on any atom is -0.341 e. The molecule has 0 saturated carbocycles. The fourth-order valence-electron chi connectivity index (χ4n) is 2.60. The number of hydrogen-bond donors (Lipinski definition) is 1. The fraction of sp³-hybridized carbons (Fsp3) is 0.111. The van der Waals surface area contributed by atoms with Crippen molar-refractivity contribution in [3.8, 4) is 11.3 Å². The molecule has 134 valence electrons. The van der Waals surface area contributed by atoms with Crippen LogP contribution in [0.1, 0.15) is 11.3 Å². The highest BCUT2D eigenvalue weighted by atomic mass is 35.5. The average Bonchev–Trinajstić information content (AvgIpc) is 2.56. The Morgan fingerprint density at radius 3 is 2.46 bits per heavy atom. The first-order chi connectivity index (χ1) is 12.3. The van der Waals surface area contributed by atoms with Gasteiger partial charge in [-0.3, -0.25) is 9.59 Å². The molecule has 26 heavy (non-hydrogen) atoms. The molecule has 0 spiro atoms. The van der Waals surface area contributed by atoms with Crippen LogP contribution in [0, 0.1) is 0 Å². The summed E-state index contributed by atoms with van der Waals surface area (Å²) < 4.78 is 40.9. The van der Waals surface area contributed by atoms with Crippen LogP contribution in [0.25, 0.3) is 11.3 Å². The largest absolute Gasteiger partial charge is 0.417 e. The maximum atomic E-state index is 13.1. The van der Waals surface area contributed by atoms with E-state index < -0.39 is 16.8 Å². The van der Waals surface area contributed by atoms with E-state index in [4.69, 9.17) is 11.6 Å². The van der Waals surface area contributed by atoms with Crippen LogP contribution in [0.15, 0.2) is 64.3 Å². The number of rotatable bonds is 3. The molecular formula is C18H12ClF3N2O2. The minimum absolute atomic E-state index is 0.0810. The zero-order chi connectivity index (χ0) is 18.9. The molecule has 3 aromatic rings. The van der Waals surface area contributed by atoms with Gasteiger partial charge in [0.05, 0.1) is 22.8 Å². The smallest absolute Gasteiger partial charge is 0.341 e. The van der Waals surface area contributed by atoms with Gasteiger partial charge in [0.1, 0.15) is 0 Å². The highest BCUT2D eigenvalue weighted by molar-refractivity contribution is 6.34. The topological polar surface area (TPSA) is 54.9 Å². The summed E-state index contributed by atoms with van der Waals surface area (Å²) in [5, 5.41) is -0.485. The van der Waals surface area contributed by atoms with Gasteiger partial charge >= 0.3 is 6.18 Å². The molecule has 8 heteroatoms. The normalized spacial score (nSPS) is 11.5. The van der Waals surface area contributed by atoms with Crippen LogP contribution in [-0.4, -0.2) is 9.55 Å². The lowest BCUT2D eigenvalue weighted by atomic mass is 10.1. The molecule has 0 fully saturated rings. The Morgan fingerprint density at radius 1 is 1.04 bits per heavy atom. The van der Waals surface area contributed by atoms with Crippen molar-refractivity contribution in [2.45, 2.75) is 12.7 Å². The average molecular weight is 381 g/mol. The Bertz CT molecular complexity index is 1070. The molecule has 0 aliphatic heterocycles. The molecule has 0 unspecified atom stereocenters. The van der Waals surface area contributed by atoms with E-state index in [-0.39, 0.29) is 28.8 Å². The van der Waals surface area contributed by atoms with Gasteiger partial charge in [-0.1, -0.05) is 29.8 Å². The van der Waals surface area contributed by atoms with Crippen LogP contribution >= 0.6 is 11.6 Å². The van der Waals surface area contributed by atoms with Gasteiger partial charge in [0.25, 0.3) is 0 Å². The van der Waals surface area contributed by atoms with E-state index in [2.05, 4.69) is 4.98 Å². The summed E-state index contributed by atoms with van der Waals surface area (Å²) in [6.45, 7) is 0.151. The number of hydrogen-bond acceptors (Lipinski definition) is 2. The third kappa shape index (κ3) is 3.72. The van der Waals surface area contributed by atoms with Crippen LogP contribution < -0.4 is 11.0 Å². The molecule has 0 aliphatic rings. The van der Waals surface area contributed by atoms with E-state index in [1.54, 1.807) is 16.7 Å². The molecule has 0 bridgehead atoms. The molecule has 0 radical (unpaired) electrons. The molecule has 1 aromatic carbocycles.